The summed E-state index contributed by atoms with van der Waals surface area (Å²) in [6.45, 7) is 11.2. The van der Waals surface area contributed by atoms with E-state index in [4.69, 9.17) is 20.9 Å². The molecule has 0 aromatic heterocycles. The van der Waals surface area contributed by atoms with E-state index in [1.165, 1.54) is 0 Å². The lowest BCUT2D eigenvalue weighted by molar-refractivity contribution is -0.128. The fraction of sp³-hybridized carbons (Fsp3) is 0.700. The van der Waals surface area contributed by atoms with Gasteiger partial charge in [-0.25, -0.2) is 0 Å². The Morgan fingerprint density at radius 3 is 2.23 bits per heavy atom. The maximum atomic E-state index is 13.0. The molecule has 1 aromatic carbocycles. The first-order valence-corrected chi connectivity index (χ1v) is 14.4. The number of carbonyl (C=O) groups is 3. The van der Waals surface area contributed by atoms with Crippen LogP contribution in [0, 0.1) is 23.7 Å². The molecule has 0 aliphatic rings. The Hall–Kier alpha value is -2.69. The number of aliphatic hydroxyl groups is 1. The van der Waals surface area contributed by atoms with Gasteiger partial charge in [-0.05, 0) is 62.5 Å². The second-order valence-electron chi connectivity index (χ2n) is 11.4. The van der Waals surface area contributed by atoms with E-state index in [1.54, 1.807) is 32.2 Å². The Balaban J connectivity index is 2.74. The molecule has 0 aliphatic heterocycles. The molecule has 7 N–H and O–H groups in total. The maximum absolute atomic E-state index is 13.0. The van der Waals surface area contributed by atoms with E-state index in [0.717, 1.165) is 12.8 Å². The molecule has 0 heterocycles. The number of carbonyl (C=O) groups excluding carboxylic acids is 3. The van der Waals surface area contributed by atoms with Gasteiger partial charge < -0.3 is 36.7 Å². The first-order valence-electron chi connectivity index (χ1n) is 14.4. The van der Waals surface area contributed by atoms with Crippen molar-refractivity contribution in [3.63, 3.8) is 0 Å². The summed E-state index contributed by atoms with van der Waals surface area (Å²) in [4.78, 5) is 37.0. The summed E-state index contributed by atoms with van der Waals surface area (Å²) in [6, 6.07) is 6.19. The molecule has 10 heteroatoms. The Morgan fingerprint density at radius 2 is 1.62 bits per heavy atom. The first kappa shape index (κ1) is 35.3. The lowest BCUT2D eigenvalue weighted by Gasteiger charge is -2.30. The zero-order chi connectivity index (χ0) is 30.2. The number of hydrogen-bond donors (Lipinski definition) is 5. The molecule has 0 radical (unpaired) electrons. The van der Waals surface area contributed by atoms with Crippen molar-refractivity contribution in [2.75, 3.05) is 26.9 Å². The van der Waals surface area contributed by atoms with E-state index in [-0.39, 0.29) is 42.4 Å². The van der Waals surface area contributed by atoms with Crippen molar-refractivity contribution in [2.45, 2.75) is 84.9 Å². The van der Waals surface area contributed by atoms with Crippen LogP contribution in [0.15, 0.2) is 24.3 Å². The molecule has 5 atom stereocenters. The third kappa shape index (κ3) is 13.1. The van der Waals surface area contributed by atoms with Crippen LogP contribution in [0.1, 0.15) is 77.1 Å². The van der Waals surface area contributed by atoms with Crippen molar-refractivity contribution < 1.29 is 29.0 Å². The molecular weight excluding hydrogens is 512 g/mol. The molecule has 0 spiro atoms. The minimum absolute atomic E-state index is 0.0117. The topological polar surface area (TPSA) is 166 Å². The fourth-order valence-corrected chi connectivity index (χ4v) is 4.55. The number of rotatable bonds is 20. The highest BCUT2D eigenvalue weighted by Gasteiger charge is 2.30. The molecule has 0 saturated heterocycles. The fourth-order valence-electron chi connectivity index (χ4n) is 4.55. The average molecular weight is 565 g/mol. The molecule has 228 valence electrons. The number of nitrogens with two attached hydrogens (primary N) is 2. The molecule has 0 aliphatic carbocycles. The number of para-hydroxylation sites is 1. The van der Waals surface area contributed by atoms with Gasteiger partial charge in [0.15, 0.2) is 0 Å². The highest BCUT2D eigenvalue weighted by molar-refractivity contribution is 5.96. The number of methoxy groups -OCH3 is 1. The summed E-state index contributed by atoms with van der Waals surface area (Å²) >= 11 is 0. The second-order valence-corrected chi connectivity index (χ2v) is 11.4. The first-order chi connectivity index (χ1) is 18.9. The summed E-state index contributed by atoms with van der Waals surface area (Å²) in [7, 11) is 1.66. The number of aliphatic hydroxyl groups excluding tert-OH is 1. The summed E-state index contributed by atoms with van der Waals surface area (Å²) < 4.78 is 10.9. The summed E-state index contributed by atoms with van der Waals surface area (Å²) in [5.41, 5.74) is 12.1. The van der Waals surface area contributed by atoms with Gasteiger partial charge in [0, 0.05) is 44.7 Å². The standard InChI is InChI=1S/C30H52N4O6/c1-19(2)22(18-33-29(37)23-11-7-8-12-27(23)40-14-10-9-13-39-6)16-25(31)26(35)17-24(20(3)4)30(38)34-21(5)15-28(32)36/h7-8,11-12,19-22,24-26,35H,9-10,13-18,31H2,1-6H3,(H2,32,36)(H,33,37)(H,34,38)/t21?,22?,24?,25?,26-/m0/s1. The van der Waals surface area contributed by atoms with E-state index in [1.807, 2.05) is 19.9 Å². The molecule has 4 unspecified atom stereocenters. The van der Waals surface area contributed by atoms with Gasteiger partial charge >= 0.3 is 0 Å². The number of unbranched alkanes of at least 4 members (excludes halogenated alkanes) is 1. The highest BCUT2D eigenvalue weighted by atomic mass is 16.5. The third-order valence-electron chi connectivity index (χ3n) is 7.20. The number of amides is 3. The maximum Gasteiger partial charge on any atom is 0.255 e. The predicted octanol–water partition coefficient (Wildman–Crippen LogP) is 2.61. The Bertz CT molecular complexity index is 910. The number of primary amides is 1. The lowest BCUT2D eigenvalue weighted by atomic mass is 9.83. The third-order valence-corrected chi connectivity index (χ3v) is 7.20. The Labute approximate surface area is 239 Å². The number of hydrogen-bond acceptors (Lipinski definition) is 7. The van der Waals surface area contributed by atoms with E-state index in [9.17, 15) is 19.5 Å². The monoisotopic (exact) mass is 564 g/mol. The van der Waals surface area contributed by atoms with Crippen LogP contribution in [0.5, 0.6) is 5.75 Å². The molecule has 3 amide bonds. The van der Waals surface area contributed by atoms with Gasteiger partial charge in [-0.15, -0.1) is 0 Å². The predicted molar refractivity (Wildman–Crippen MR) is 157 cm³/mol. The van der Waals surface area contributed by atoms with Crippen LogP contribution in [0.25, 0.3) is 0 Å². The van der Waals surface area contributed by atoms with E-state index < -0.39 is 30.0 Å². The van der Waals surface area contributed by atoms with E-state index in [0.29, 0.717) is 37.5 Å². The molecule has 0 bridgehead atoms. The molecule has 1 rings (SSSR count). The smallest absolute Gasteiger partial charge is 0.255 e. The average Bonchev–Trinajstić information content (AvgIpc) is 2.88. The van der Waals surface area contributed by atoms with Crippen LogP contribution in [-0.2, 0) is 14.3 Å². The minimum atomic E-state index is -0.909. The summed E-state index contributed by atoms with van der Waals surface area (Å²) in [5, 5.41) is 16.8. The Kier molecular flexibility index (Phi) is 16.4. The van der Waals surface area contributed by atoms with Gasteiger partial charge in [0.1, 0.15) is 5.75 Å². The van der Waals surface area contributed by atoms with Gasteiger partial charge in [0.25, 0.3) is 5.91 Å². The molecule has 1 aromatic rings. The largest absolute Gasteiger partial charge is 0.493 e. The van der Waals surface area contributed by atoms with Crippen LogP contribution < -0.4 is 26.8 Å². The summed E-state index contributed by atoms with van der Waals surface area (Å²) in [6.07, 6.45) is 1.51. The van der Waals surface area contributed by atoms with E-state index in [2.05, 4.69) is 24.5 Å². The molecule has 40 heavy (non-hydrogen) atoms. The molecule has 0 saturated carbocycles. The normalized spacial score (nSPS) is 15.2. The van der Waals surface area contributed by atoms with Crippen LogP contribution >= 0.6 is 0 Å². The van der Waals surface area contributed by atoms with Gasteiger partial charge in [-0.2, -0.15) is 0 Å². The van der Waals surface area contributed by atoms with Crippen LogP contribution in [-0.4, -0.2) is 67.9 Å². The quantitative estimate of drug-likeness (QED) is 0.152. The molecule has 10 nitrogen and oxygen atoms in total. The van der Waals surface area contributed by atoms with Crippen molar-refractivity contribution in [3.8, 4) is 5.75 Å². The minimum Gasteiger partial charge on any atom is -0.493 e. The van der Waals surface area contributed by atoms with Gasteiger partial charge in [0.05, 0.1) is 18.3 Å². The zero-order valence-electron chi connectivity index (χ0n) is 25.2. The van der Waals surface area contributed by atoms with Gasteiger partial charge in [-0.1, -0.05) is 39.8 Å². The van der Waals surface area contributed by atoms with Crippen molar-refractivity contribution in [2.24, 2.45) is 35.1 Å². The molecule has 0 fully saturated rings. The van der Waals surface area contributed by atoms with Crippen molar-refractivity contribution in [3.05, 3.63) is 29.8 Å². The van der Waals surface area contributed by atoms with Crippen LogP contribution in [0.4, 0.5) is 0 Å². The number of benzene rings is 1. The van der Waals surface area contributed by atoms with Crippen molar-refractivity contribution >= 4 is 17.7 Å². The summed E-state index contributed by atoms with van der Waals surface area (Å²) in [5.74, 6) is -0.714. The number of nitrogens with one attached hydrogen (secondary N) is 2. The number of ether oxygens (including phenoxy) is 2. The van der Waals surface area contributed by atoms with Crippen molar-refractivity contribution in [1.29, 1.82) is 0 Å². The second kappa shape index (κ2) is 18.6. The SMILES string of the molecule is COCCCCOc1ccccc1C(=O)NCC(CC(N)[C@@H](O)CC(C(=O)NC(C)CC(N)=O)C(C)C)C(C)C. The highest BCUT2D eigenvalue weighted by Crippen LogP contribution is 2.24. The Morgan fingerprint density at radius 1 is 0.975 bits per heavy atom. The van der Waals surface area contributed by atoms with Crippen LogP contribution in [0.3, 0.4) is 0 Å². The van der Waals surface area contributed by atoms with Gasteiger partial charge in [-0.3, -0.25) is 14.4 Å². The van der Waals surface area contributed by atoms with Crippen LogP contribution in [0.2, 0.25) is 0 Å². The zero-order valence-corrected chi connectivity index (χ0v) is 25.2. The van der Waals surface area contributed by atoms with E-state index >= 15 is 0 Å². The lowest BCUT2D eigenvalue weighted by Crippen LogP contribution is -2.45. The molecular formula is C30H52N4O6. The van der Waals surface area contributed by atoms with Gasteiger partial charge in [0.2, 0.25) is 11.8 Å². The van der Waals surface area contributed by atoms with Crippen molar-refractivity contribution in [1.82, 2.24) is 10.6 Å².